The van der Waals surface area contributed by atoms with Gasteiger partial charge in [-0.2, -0.15) is 5.10 Å². The normalized spacial score (nSPS) is 12.0. The Balaban J connectivity index is 1.91. The zero-order valence-electron chi connectivity index (χ0n) is 13.6. The number of rotatable bonds is 4. The van der Waals surface area contributed by atoms with E-state index in [0.717, 1.165) is 11.1 Å². The van der Waals surface area contributed by atoms with Gasteiger partial charge < -0.3 is 4.74 Å². The Morgan fingerprint density at radius 1 is 1.20 bits per heavy atom. The number of ether oxygens (including phenoxy) is 1. The van der Waals surface area contributed by atoms with E-state index in [1.807, 2.05) is 19.9 Å². The molecule has 0 aliphatic rings. The number of carbonyl (C=O) groups excluding carboxylic acids is 1. The summed E-state index contributed by atoms with van der Waals surface area (Å²) in [7, 11) is 0. The average molecular weight is 376 g/mol. The molecule has 1 unspecified atom stereocenters. The first-order valence-electron chi connectivity index (χ1n) is 7.59. The van der Waals surface area contributed by atoms with Gasteiger partial charge in [-0.1, -0.05) is 35.3 Å². The van der Waals surface area contributed by atoms with Crippen molar-refractivity contribution in [1.29, 1.82) is 0 Å². The molecule has 3 aromatic rings. The van der Waals surface area contributed by atoms with Crippen molar-refractivity contribution in [2.24, 2.45) is 0 Å². The number of benzene rings is 1. The number of hydrogen-bond acceptors (Lipinski definition) is 4. The molecule has 3 rings (SSSR count). The highest BCUT2D eigenvalue weighted by Gasteiger charge is 2.20. The van der Waals surface area contributed by atoms with Crippen LogP contribution in [-0.4, -0.2) is 20.7 Å². The van der Waals surface area contributed by atoms with Gasteiger partial charge in [-0.05, 0) is 43.7 Å². The minimum atomic E-state index is -0.535. The smallest absolute Gasteiger partial charge is 0.363 e. The minimum absolute atomic E-state index is 0.199. The zero-order chi connectivity index (χ0) is 18.0. The lowest BCUT2D eigenvalue weighted by Gasteiger charge is -2.16. The Morgan fingerprint density at radius 2 is 2.00 bits per heavy atom. The van der Waals surface area contributed by atoms with Gasteiger partial charge in [0, 0.05) is 11.8 Å². The summed E-state index contributed by atoms with van der Waals surface area (Å²) in [6, 6.07) is 10.2. The van der Waals surface area contributed by atoms with Gasteiger partial charge in [0.1, 0.15) is 5.69 Å². The number of carbonyl (C=O) groups is 1. The summed E-state index contributed by atoms with van der Waals surface area (Å²) in [4.78, 5) is 16.3. The molecule has 0 saturated heterocycles. The lowest BCUT2D eigenvalue weighted by atomic mass is 10.1. The van der Waals surface area contributed by atoms with Crippen molar-refractivity contribution < 1.29 is 9.53 Å². The molecule has 1 atom stereocenters. The molecule has 0 aliphatic carbocycles. The van der Waals surface area contributed by atoms with Crippen LogP contribution in [0, 0.1) is 6.92 Å². The summed E-state index contributed by atoms with van der Waals surface area (Å²) in [6.45, 7) is 3.76. The van der Waals surface area contributed by atoms with Crippen LogP contribution in [0.3, 0.4) is 0 Å². The summed E-state index contributed by atoms with van der Waals surface area (Å²) < 4.78 is 7.17. The van der Waals surface area contributed by atoms with Crippen molar-refractivity contribution >= 4 is 29.2 Å². The Labute approximate surface area is 155 Å². The van der Waals surface area contributed by atoms with Gasteiger partial charge in [0.25, 0.3) is 0 Å². The van der Waals surface area contributed by atoms with Crippen molar-refractivity contribution in [3.05, 3.63) is 75.7 Å². The van der Waals surface area contributed by atoms with Crippen LogP contribution in [-0.2, 0) is 0 Å². The van der Waals surface area contributed by atoms with Crippen LogP contribution in [0.5, 0.6) is 5.88 Å². The molecule has 0 saturated carbocycles. The van der Waals surface area contributed by atoms with Crippen LogP contribution in [0.1, 0.15) is 34.6 Å². The SMILES string of the molecule is Cc1cnn(C(C)c2ccc(Cl)c(Cl)c2)c1OC(=O)c1ccccn1. The van der Waals surface area contributed by atoms with E-state index in [0.29, 0.717) is 15.9 Å². The number of hydrogen-bond donors (Lipinski definition) is 0. The van der Waals surface area contributed by atoms with Crippen molar-refractivity contribution in [1.82, 2.24) is 14.8 Å². The third kappa shape index (κ3) is 3.67. The molecule has 2 heterocycles. The number of nitrogens with zero attached hydrogens (tertiary/aromatic N) is 3. The maximum Gasteiger partial charge on any atom is 0.363 e. The lowest BCUT2D eigenvalue weighted by Crippen LogP contribution is -2.16. The maximum atomic E-state index is 12.3. The standard InChI is InChI=1S/C18H15Cl2N3O2/c1-11-10-22-23(12(2)13-6-7-14(19)15(20)9-13)17(11)25-18(24)16-5-3-4-8-21-16/h3-10,12H,1-2H3. The first-order valence-corrected chi connectivity index (χ1v) is 8.35. The molecule has 128 valence electrons. The van der Waals surface area contributed by atoms with Gasteiger partial charge in [0.2, 0.25) is 5.88 Å². The summed E-state index contributed by atoms with van der Waals surface area (Å²) in [5, 5.41) is 5.28. The molecular weight excluding hydrogens is 361 g/mol. The molecule has 25 heavy (non-hydrogen) atoms. The van der Waals surface area contributed by atoms with E-state index in [9.17, 15) is 4.79 Å². The molecule has 7 heteroatoms. The van der Waals surface area contributed by atoms with Gasteiger partial charge >= 0.3 is 5.97 Å². The topological polar surface area (TPSA) is 57.0 Å². The van der Waals surface area contributed by atoms with Gasteiger partial charge in [-0.3, -0.25) is 0 Å². The fourth-order valence-corrected chi connectivity index (χ4v) is 2.68. The Bertz CT molecular complexity index is 910. The molecule has 5 nitrogen and oxygen atoms in total. The highest BCUT2D eigenvalue weighted by molar-refractivity contribution is 6.42. The summed E-state index contributed by atoms with van der Waals surface area (Å²) in [5.74, 6) is -0.166. The fourth-order valence-electron chi connectivity index (χ4n) is 2.38. The Morgan fingerprint density at radius 3 is 2.68 bits per heavy atom. The van der Waals surface area contributed by atoms with E-state index in [1.54, 1.807) is 47.4 Å². The van der Waals surface area contributed by atoms with Crippen LogP contribution in [0.2, 0.25) is 10.0 Å². The molecule has 0 amide bonds. The molecule has 0 spiro atoms. The largest absolute Gasteiger partial charge is 0.403 e. The van der Waals surface area contributed by atoms with Gasteiger partial charge in [0.05, 0.1) is 22.3 Å². The van der Waals surface area contributed by atoms with E-state index in [4.69, 9.17) is 27.9 Å². The van der Waals surface area contributed by atoms with E-state index >= 15 is 0 Å². The van der Waals surface area contributed by atoms with Crippen molar-refractivity contribution in [2.75, 3.05) is 0 Å². The molecule has 0 aliphatic heterocycles. The van der Waals surface area contributed by atoms with E-state index in [2.05, 4.69) is 10.1 Å². The lowest BCUT2D eigenvalue weighted by molar-refractivity contribution is 0.0709. The Kier molecular flexibility index (Phi) is 5.06. The van der Waals surface area contributed by atoms with E-state index in [-0.39, 0.29) is 11.7 Å². The minimum Gasteiger partial charge on any atom is -0.403 e. The van der Waals surface area contributed by atoms with Crippen molar-refractivity contribution in [2.45, 2.75) is 19.9 Å². The van der Waals surface area contributed by atoms with Gasteiger partial charge in [-0.25, -0.2) is 14.5 Å². The monoisotopic (exact) mass is 375 g/mol. The predicted molar refractivity (Wildman–Crippen MR) is 96.4 cm³/mol. The summed E-state index contributed by atoms with van der Waals surface area (Å²) in [6.07, 6.45) is 3.19. The van der Waals surface area contributed by atoms with E-state index in [1.165, 1.54) is 0 Å². The number of esters is 1. The maximum absolute atomic E-state index is 12.3. The van der Waals surface area contributed by atoms with Crippen molar-refractivity contribution in [3.63, 3.8) is 0 Å². The number of aryl methyl sites for hydroxylation is 1. The van der Waals surface area contributed by atoms with Crippen LogP contribution in [0.4, 0.5) is 0 Å². The summed E-state index contributed by atoms with van der Waals surface area (Å²) >= 11 is 12.1. The first kappa shape index (κ1) is 17.5. The molecule has 0 bridgehead atoms. The van der Waals surface area contributed by atoms with Crippen LogP contribution in [0.15, 0.2) is 48.8 Å². The molecule has 0 N–H and O–H groups in total. The van der Waals surface area contributed by atoms with E-state index < -0.39 is 5.97 Å². The highest BCUT2D eigenvalue weighted by atomic mass is 35.5. The first-order chi connectivity index (χ1) is 12.0. The second-order valence-corrected chi connectivity index (χ2v) is 6.35. The average Bonchev–Trinajstić information content (AvgIpc) is 2.98. The highest BCUT2D eigenvalue weighted by Crippen LogP contribution is 2.30. The second-order valence-electron chi connectivity index (χ2n) is 5.53. The van der Waals surface area contributed by atoms with Gasteiger partial charge in [0.15, 0.2) is 0 Å². The molecule has 1 aromatic carbocycles. The molecule has 0 fully saturated rings. The third-order valence-electron chi connectivity index (χ3n) is 3.78. The van der Waals surface area contributed by atoms with Crippen molar-refractivity contribution in [3.8, 4) is 5.88 Å². The Hall–Kier alpha value is -2.37. The quantitative estimate of drug-likeness (QED) is 0.618. The molecule has 2 aromatic heterocycles. The fraction of sp³-hybridized carbons (Fsp3) is 0.167. The summed E-state index contributed by atoms with van der Waals surface area (Å²) in [5.41, 5.74) is 1.88. The number of pyridine rings is 1. The van der Waals surface area contributed by atoms with Gasteiger partial charge in [-0.15, -0.1) is 0 Å². The zero-order valence-corrected chi connectivity index (χ0v) is 15.1. The molecular formula is C18H15Cl2N3O2. The molecule has 0 radical (unpaired) electrons. The number of aromatic nitrogens is 3. The van der Waals surface area contributed by atoms with Crippen LogP contribution >= 0.6 is 23.2 Å². The second kappa shape index (κ2) is 7.25. The predicted octanol–water partition coefficient (Wildman–Crippen LogP) is 4.72. The van der Waals surface area contributed by atoms with Crippen LogP contribution < -0.4 is 4.74 Å². The number of halogens is 2. The third-order valence-corrected chi connectivity index (χ3v) is 4.52. The van der Waals surface area contributed by atoms with Crippen LogP contribution in [0.25, 0.3) is 0 Å².